The van der Waals surface area contributed by atoms with Gasteiger partial charge in [-0.05, 0) is 36.0 Å². The van der Waals surface area contributed by atoms with E-state index in [0.29, 0.717) is 16.5 Å². The largest absolute Gasteiger partial charge is 0.368 e. The van der Waals surface area contributed by atoms with Gasteiger partial charge in [0.1, 0.15) is 0 Å². The van der Waals surface area contributed by atoms with Crippen molar-refractivity contribution in [3.63, 3.8) is 0 Å². The van der Waals surface area contributed by atoms with E-state index in [0.717, 1.165) is 37.9 Å². The first kappa shape index (κ1) is 16.6. The molecule has 1 N–H and O–H groups in total. The number of anilines is 2. The predicted molar refractivity (Wildman–Crippen MR) is 102 cm³/mol. The molecule has 3 heterocycles. The summed E-state index contributed by atoms with van der Waals surface area (Å²) in [7, 11) is 0. The van der Waals surface area contributed by atoms with Crippen molar-refractivity contribution in [1.29, 1.82) is 0 Å². The van der Waals surface area contributed by atoms with Gasteiger partial charge < -0.3 is 9.80 Å². The molecule has 0 aliphatic carbocycles. The molecule has 0 radical (unpaired) electrons. The minimum Gasteiger partial charge on any atom is -0.368 e. The Morgan fingerprint density at radius 2 is 1.73 bits per heavy atom. The van der Waals surface area contributed by atoms with Crippen LogP contribution in [0.2, 0.25) is 0 Å². The molecule has 0 bridgehead atoms. The number of hydrogen-bond donors (Lipinski definition) is 1. The van der Waals surface area contributed by atoms with E-state index in [2.05, 4.69) is 37.2 Å². The van der Waals surface area contributed by atoms with Gasteiger partial charge in [0.2, 0.25) is 5.95 Å². The van der Waals surface area contributed by atoms with Crippen LogP contribution in [0.15, 0.2) is 47.5 Å². The molecule has 26 heavy (non-hydrogen) atoms. The van der Waals surface area contributed by atoms with Crippen LogP contribution >= 0.6 is 11.8 Å². The van der Waals surface area contributed by atoms with E-state index >= 15 is 0 Å². The molecule has 2 aromatic rings. The number of thioether (sulfide) groups is 1. The zero-order valence-electron chi connectivity index (χ0n) is 14.0. The molecule has 2 aliphatic heterocycles. The first-order valence-electron chi connectivity index (χ1n) is 8.32. The highest BCUT2D eigenvalue weighted by atomic mass is 32.2. The van der Waals surface area contributed by atoms with Crippen LogP contribution in [0.4, 0.5) is 16.4 Å². The second kappa shape index (κ2) is 7.17. The van der Waals surface area contributed by atoms with Gasteiger partial charge in [-0.2, -0.15) is 0 Å². The molecule has 1 aromatic heterocycles. The molecule has 0 atom stereocenters. The van der Waals surface area contributed by atoms with E-state index in [4.69, 9.17) is 0 Å². The lowest BCUT2D eigenvalue weighted by Crippen LogP contribution is -2.47. The van der Waals surface area contributed by atoms with Crippen molar-refractivity contribution in [2.45, 2.75) is 0 Å². The summed E-state index contributed by atoms with van der Waals surface area (Å²) in [5.74, 6) is 0.262. The van der Waals surface area contributed by atoms with Crippen molar-refractivity contribution in [3.8, 4) is 0 Å². The number of aromatic nitrogens is 2. The van der Waals surface area contributed by atoms with Gasteiger partial charge in [-0.15, -0.1) is 0 Å². The fourth-order valence-corrected chi connectivity index (χ4v) is 3.62. The van der Waals surface area contributed by atoms with Gasteiger partial charge in [0.25, 0.3) is 11.1 Å². The van der Waals surface area contributed by atoms with Crippen LogP contribution in [0.1, 0.15) is 5.69 Å². The van der Waals surface area contributed by atoms with Crippen LogP contribution in [0.25, 0.3) is 6.08 Å². The Kier molecular flexibility index (Phi) is 4.57. The Labute approximate surface area is 155 Å². The molecule has 0 spiro atoms. The third-order valence-electron chi connectivity index (χ3n) is 4.27. The smallest absolute Gasteiger partial charge is 0.290 e. The van der Waals surface area contributed by atoms with Crippen LogP contribution in [0.3, 0.4) is 0 Å². The van der Waals surface area contributed by atoms with Crippen LogP contribution in [0, 0.1) is 0 Å². The number of rotatable bonds is 3. The number of para-hydroxylation sites is 1. The molecule has 2 saturated heterocycles. The summed E-state index contributed by atoms with van der Waals surface area (Å²) in [5.41, 5.74) is 1.84. The van der Waals surface area contributed by atoms with Gasteiger partial charge in [-0.25, -0.2) is 9.97 Å². The molecular weight excluding hydrogens is 350 g/mol. The Morgan fingerprint density at radius 3 is 2.42 bits per heavy atom. The number of piperazine rings is 1. The van der Waals surface area contributed by atoms with Crippen molar-refractivity contribution in [2.75, 3.05) is 36.0 Å². The van der Waals surface area contributed by atoms with Crippen LogP contribution in [-0.4, -0.2) is 47.3 Å². The fraction of sp³-hybridized carbons (Fsp3) is 0.222. The second-order valence-corrected chi connectivity index (χ2v) is 6.96. The van der Waals surface area contributed by atoms with Crippen molar-refractivity contribution in [3.05, 3.63) is 53.2 Å². The predicted octanol–water partition coefficient (Wildman–Crippen LogP) is 2.13. The highest BCUT2D eigenvalue weighted by molar-refractivity contribution is 8.18. The summed E-state index contributed by atoms with van der Waals surface area (Å²) in [6.07, 6.45) is 3.30. The normalized spacial score (nSPS) is 19.2. The number of carbonyl (C=O) groups is 2. The molecule has 2 amide bonds. The number of nitrogens with zero attached hydrogens (tertiary/aromatic N) is 4. The van der Waals surface area contributed by atoms with Crippen LogP contribution in [-0.2, 0) is 4.79 Å². The summed E-state index contributed by atoms with van der Waals surface area (Å²) in [6, 6.07) is 12.1. The number of hydrogen-bond acceptors (Lipinski definition) is 7. The zero-order valence-corrected chi connectivity index (χ0v) is 14.8. The van der Waals surface area contributed by atoms with E-state index in [-0.39, 0.29) is 11.1 Å². The van der Waals surface area contributed by atoms with Gasteiger partial charge in [0, 0.05) is 38.1 Å². The SMILES string of the molecule is O=C1NC(=O)/C(=C/c2ccnc(N3CCN(c4ccccc4)CC3)n2)S1. The van der Waals surface area contributed by atoms with E-state index in [1.54, 1.807) is 18.3 Å². The average Bonchev–Trinajstić information content (AvgIpc) is 3.00. The van der Waals surface area contributed by atoms with E-state index < -0.39 is 0 Å². The molecule has 7 nitrogen and oxygen atoms in total. The van der Waals surface area contributed by atoms with Crippen LogP contribution < -0.4 is 15.1 Å². The van der Waals surface area contributed by atoms with Gasteiger partial charge in [-0.1, -0.05) is 18.2 Å². The lowest BCUT2D eigenvalue weighted by Gasteiger charge is -2.36. The van der Waals surface area contributed by atoms with Crippen molar-refractivity contribution in [1.82, 2.24) is 15.3 Å². The zero-order chi connectivity index (χ0) is 17.9. The summed E-state index contributed by atoms with van der Waals surface area (Å²) < 4.78 is 0. The topological polar surface area (TPSA) is 78.4 Å². The lowest BCUT2D eigenvalue weighted by molar-refractivity contribution is -0.115. The highest BCUT2D eigenvalue weighted by Crippen LogP contribution is 2.25. The fourth-order valence-electron chi connectivity index (χ4n) is 2.95. The van der Waals surface area contributed by atoms with E-state index in [1.807, 2.05) is 18.2 Å². The Morgan fingerprint density at radius 1 is 1.00 bits per heavy atom. The third-order valence-corrected chi connectivity index (χ3v) is 5.08. The number of benzene rings is 1. The van der Waals surface area contributed by atoms with Gasteiger partial charge in [0.15, 0.2) is 0 Å². The molecular formula is C18H17N5O2S. The van der Waals surface area contributed by atoms with E-state index in [9.17, 15) is 9.59 Å². The van der Waals surface area contributed by atoms with Gasteiger partial charge in [-0.3, -0.25) is 14.9 Å². The average molecular weight is 367 g/mol. The quantitative estimate of drug-likeness (QED) is 0.833. The molecule has 1 aromatic carbocycles. The molecule has 8 heteroatoms. The summed E-state index contributed by atoms with van der Waals surface area (Å²) in [4.78, 5) is 36.7. The maximum atomic E-state index is 11.7. The van der Waals surface area contributed by atoms with Gasteiger partial charge >= 0.3 is 0 Å². The van der Waals surface area contributed by atoms with Gasteiger partial charge in [0.05, 0.1) is 10.6 Å². The Hall–Kier alpha value is -2.87. The minimum absolute atomic E-state index is 0.354. The highest BCUT2D eigenvalue weighted by Gasteiger charge is 2.25. The maximum absolute atomic E-state index is 11.7. The van der Waals surface area contributed by atoms with Crippen molar-refractivity contribution < 1.29 is 9.59 Å². The molecule has 0 saturated carbocycles. The number of imide groups is 1. The summed E-state index contributed by atoms with van der Waals surface area (Å²) in [5, 5.41) is 1.89. The Balaban J connectivity index is 1.45. The standard InChI is InChI=1S/C18H17N5O2S/c24-16-15(26-18(25)21-16)12-13-6-7-19-17(20-13)23-10-8-22(9-11-23)14-4-2-1-3-5-14/h1-7,12H,8-11H2,(H,21,24,25)/b15-12-. The molecule has 2 fully saturated rings. The molecule has 4 rings (SSSR count). The number of nitrogens with one attached hydrogen (secondary N) is 1. The maximum Gasteiger partial charge on any atom is 0.290 e. The summed E-state index contributed by atoms with van der Waals surface area (Å²) >= 11 is 0.889. The molecule has 2 aliphatic rings. The number of carbonyl (C=O) groups excluding carboxylic acids is 2. The lowest BCUT2D eigenvalue weighted by atomic mass is 10.2. The molecule has 0 unspecified atom stereocenters. The Bertz CT molecular complexity index is 863. The second-order valence-electron chi connectivity index (χ2n) is 5.94. The van der Waals surface area contributed by atoms with Crippen molar-refractivity contribution >= 4 is 40.6 Å². The third kappa shape index (κ3) is 3.55. The first-order chi connectivity index (χ1) is 12.7. The number of amides is 2. The minimum atomic E-state index is -0.378. The molecule has 132 valence electrons. The monoisotopic (exact) mass is 367 g/mol. The van der Waals surface area contributed by atoms with Crippen LogP contribution in [0.5, 0.6) is 0 Å². The summed E-state index contributed by atoms with van der Waals surface area (Å²) in [6.45, 7) is 3.43. The first-order valence-corrected chi connectivity index (χ1v) is 9.13. The van der Waals surface area contributed by atoms with E-state index in [1.165, 1.54) is 5.69 Å². The van der Waals surface area contributed by atoms with Crippen molar-refractivity contribution in [2.24, 2.45) is 0 Å².